The predicted molar refractivity (Wildman–Crippen MR) is 98.3 cm³/mol. The number of benzene rings is 2. The van der Waals surface area contributed by atoms with Crippen LogP contribution in [0.3, 0.4) is 0 Å². The molecule has 0 fully saturated rings. The second kappa shape index (κ2) is 10.2. The van der Waals surface area contributed by atoms with Crippen molar-refractivity contribution in [2.45, 2.75) is 25.9 Å². The Morgan fingerprint density at radius 1 is 1.04 bits per heavy atom. The van der Waals surface area contributed by atoms with Crippen LogP contribution in [0.15, 0.2) is 42.5 Å². The van der Waals surface area contributed by atoms with E-state index < -0.39 is 29.6 Å². The molecule has 28 heavy (non-hydrogen) atoms. The van der Waals surface area contributed by atoms with Crippen LogP contribution in [0, 0.1) is 11.6 Å². The van der Waals surface area contributed by atoms with Gasteiger partial charge < -0.3 is 19.5 Å². The molecule has 0 radical (unpaired) electrons. The molecule has 0 heterocycles. The monoisotopic (exact) mass is 393 g/mol. The van der Waals surface area contributed by atoms with Gasteiger partial charge in [-0.3, -0.25) is 9.59 Å². The van der Waals surface area contributed by atoms with Gasteiger partial charge in [-0.2, -0.15) is 0 Å². The third kappa shape index (κ3) is 6.53. The Labute approximate surface area is 161 Å². The van der Waals surface area contributed by atoms with Gasteiger partial charge >= 0.3 is 5.97 Å². The minimum Gasteiger partial charge on any atom is -0.497 e. The van der Waals surface area contributed by atoms with Gasteiger partial charge in [0.25, 0.3) is 5.91 Å². The number of anilines is 1. The molecule has 0 aliphatic heterocycles. The van der Waals surface area contributed by atoms with Crippen LogP contribution in [0.5, 0.6) is 11.5 Å². The zero-order valence-corrected chi connectivity index (χ0v) is 15.5. The standard InChI is InChI=1S/C20H21F2NO5/c1-13(20(25)23-14-5-10-17(21)18(22)12-14)28-19(24)4-3-11-27-16-8-6-15(26-2)7-9-16/h5-10,12-13H,3-4,11H2,1-2H3,(H,23,25)/t13-/m0/s1. The van der Waals surface area contributed by atoms with Crippen LogP contribution in [0.1, 0.15) is 19.8 Å². The lowest BCUT2D eigenvalue weighted by Gasteiger charge is -2.14. The first-order valence-corrected chi connectivity index (χ1v) is 8.61. The van der Waals surface area contributed by atoms with E-state index in [-0.39, 0.29) is 12.1 Å². The van der Waals surface area contributed by atoms with Crippen molar-refractivity contribution in [2.24, 2.45) is 0 Å². The summed E-state index contributed by atoms with van der Waals surface area (Å²) in [5.41, 5.74) is 0.0692. The van der Waals surface area contributed by atoms with Crippen molar-refractivity contribution in [3.8, 4) is 11.5 Å². The van der Waals surface area contributed by atoms with Gasteiger partial charge in [0, 0.05) is 18.2 Å². The molecule has 1 N–H and O–H groups in total. The molecule has 0 unspecified atom stereocenters. The van der Waals surface area contributed by atoms with E-state index in [1.807, 2.05) is 0 Å². The zero-order chi connectivity index (χ0) is 20.5. The molecule has 2 aromatic carbocycles. The Morgan fingerprint density at radius 3 is 2.36 bits per heavy atom. The number of carbonyl (C=O) groups excluding carboxylic acids is 2. The molecule has 0 aliphatic rings. The van der Waals surface area contributed by atoms with Gasteiger partial charge in [0.2, 0.25) is 0 Å². The van der Waals surface area contributed by atoms with Crippen molar-refractivity contribution in [1.29, 1.82) is 0 Å². The summed E-state index contributed by atoms with van der Waals surface area (Å²) in [6.45, 7) is 1.69. The fourth-order valence-corrected chi connectivity index (χ4v) is 2.21. The first kappa shape index (κ1) is 21.1. The van der Waals surface area contributed by atoms with Crippen LogP contribution in [0.2, 0.25) is 0 Å². The third-order valence-electron chi connectivity index (χ3n) is 3.72. The average Bonchev–Trinajstić information content (AvgIpc) is 2.68. The van der Waals surface area contributed by atoms with Crippen LogP contribution >= 0.6 is 0 Å². The van der Waals surface area contributed by atoms with Crippen LogP contribution in [0.25, 0.3) is 0 Å². The Morgan fingerprint density at radius 2 is 1.71 bits per heavy atom. The minimum absolute atomic E-state index is 0.0684. The number of ether oxygens (including phenoxy) is 3. The molecule has 6 nitrogen and oxygen atoms in total. The van der Waals surface area contributed by atoms with Crippen LogP contribution in [-0.4, -0.2) is 31.7 Å². The fraction of sp³-hybridized carbons (Fsp3) is 0.300. The Hall–Kier alpha value is -3.16. The largest absolute Gasteiger partial charge is 0.497 e. The quantitative estimate of drug-likeness (QED) is 0.519. The van der Waals surface area contributed by atoms with Gasteiger partial charge in [-0.15, -0.1) is 0 Å². The highest BCUT2D eigenvalue weighted by molar-refractivity contribution is 5.95. The summed E-state index contributed by atoms with van der Waals surface area (Å²) in [4.78, 5) is 23.8. The van der Waals surface area contributed by atoms with Crippen LogP contribution in [-0.2, 0) is 14.3 Å². The molecule has 2 aromatic rings. The minimum atomic E-state index is -1.08. The molecule has 0 aliphatic carbocycles. The highest BCUT2D eigenvalue weighted by atomic mass is 19.2. The lowest BCUT2D eigenvalue weighted by Crippen LogP contribution is -2.30. The second-order valence-corrected chi connectivity index (χ2v) is 5.88. The lowest BCUT2D eigenvalue weighted by molar-refractivity contribution is -0.153. The van der Waals surface area contributed by atoms with E-state index in [0.717, 1.165) is 12.1 Å². The SMILES string of the molecule is COc1ccc(OCCCC(=O)O[C@@H](C)C(=O)Nc2ccc(F)c(F)c2)cc1. The van der Waals surface area contributed by atoms with Crippen molar-refractivity contribution in [3.63, 3.8) is 0 Å². The van der Waals surface area contributed by atoms with Gasteiger partial charge in [-0.1, -0.05) is 0 Å². The Balaban J connectivity index is 1.69. The topological polar surface area (TPSA) is 73.9 Å². The number of esters is 1. The first-order valence-electron chi connectivity index (χ1n) is 8.61. The van der Waals surface area contributed by atoms with Crippen molar-refractivity contribution in [3.05, 3.63) is 54.1 Å². The van der Waals surface area contributed by atoms with Gasteiger partial charge in [-0.25, -0.2) is 8.78 Å². The number of hydrogen-bond donors (Lipinski definition) is 1. The first-order chi connectivity index (χ1) is 13.4. The molecule has 0 spiro atoms. The van der Waals surface area contributed by atoms with Gasteiger partial charge in [-0.05, 0) is 49.7 Å². The maximum Gasteiger partial charge on any atom is 0.306 e. The number of halogens is 2. The van der Waals surface area contributed by atoms with E-state index in [9.17, 15) is 18.4 Å². The van der Waals surface area contributed by atoms with Crippen molar-refractivity contribution < 1.29 is 32.6 Å². The van der Waals surface area contributed by atoms with Crippen LogP contribution < -0.4 is 14.8 Å². The number of methoxy groups -OCH3 is 1. The van der Waals surface area contributed by atoms with E-state index in [1.54, 1.807) is 31.4 Å². The average molecular weight is 393 g/mol. The molecule has 8 heteroatoms. The van der Waals surface area contributed by atoms with Crippen LogP contribution in [0.4, 0.5) is 14.5 Å². The smallest absolute Gasteiger partial charge is 0.306 e. The summed E-state index contributed by atoms with van der Waals surface area (Å²) in [6, 6.07) is 9.97. The van der Waals surface area contributed by atoms with Gasteiger partial charge in [0.05, 0.1) is 13.7 Å². The molecule has 0 saturated carbocycles. The maximum absolute atomic E-state index is 13.1. The van der Waals surface area contributed by atoms with Crippen molar-refractivity contribution in [2.75, 3.05) is 19.0 Å². The van der Waals surface area contributed by atoms with E-state index in [4.69, 9.17) is 14.2 Å². The van der Waals surface area contributed by atoms with Gasteiger partial charge in [0.15, 0.2) is 17.7 Å². The summed E-state index contributed by atoms with van der Waals surface area (Å²) in [6.07, 6.45) is -0.607. The zero-order valence-electron chi connectivity index (χ0n) is 15.5. The molecule has 0 saturated heterocycles. The number of carbonyl (C=O) groups is 2. The molecular formula is C20H21F2NO5. The molecular weight excluding hydrogens is 372 g/mol. The molecule has 1 atom stereocenters. The number of nitrogens with one attached hydrogen (secondary N) is 1. The highest BCUT2D eigenvalue weighted by Crippen LogP contribution is 2.17. The number of rotatable bonds is 9. The summed E-state index contributed by atoms with van der Waals surface area (Å²) in [5, 5.41) is 2.36. The number of amides is 1. The summed E-state index contributed by atoms with van der Waals surface area (Å²) < 4.78 is 41.6. The van der Waals surface area contributed by atoms with E-state index >= 15 is 0 Å². The summed E-state index contributed by atoms with van der Waals surface area (Å²) in [7, 11) is 1.57. The molecule has 0 aromatic heterocycles. The summed E-state index contributed by atoms with van der Waals surface area (Å²) in [5.74, 6) is -1.95. The van der Waals surface area contributed by atoms with E-state index in [2.05, 4.69) is 5.32 Å². The van der Waals surface area contributed by atoms with Crippen molar-refractivity contribution >= 4 is 17.6 Å². The highest BCUT2D eigenvalue weighted by Gasteiger charge is 2.18. The lowest BCUT2D eigenvalue weighted by atomic mass is 10.2. The van der Waals surface area contributed by atoms with E-state index in [1.165, 1.54) is 13.0 Å². The Kier molecular flexibility index (Phi) is 7.74. The molecule has 150 valence electrons. The van der Waals surface area contributed by atoms with Gasteiger partial charge in [0.1, 0.15) is 11.5 Å². The fourth-order valence-electron chi connectivity index (χ4n) is 2.21. The predicted octanol–water partition coefficient (Wildman–Crippen LogP) is 3.70. The third-order valence-corrected chi connectivity index (χ3v) is 3.72. The molecule has 1 amide bonds. The second-order valence-electron chi connectivity index (χ2n) is 5.88. The van der Waals surface area contributed by atoms with Crippen molar-refractivity contribution in [1.82, 2.24) is 0 Å². The number of hydrogen-bond acceptors (Lipinski definition) is 5. The normalized spacial score (nSPS) is 11.4. The molecule has 0 bridgehead atoms. The summed E-state index contributed by atoms with van der Waals surface area (Å²) >= 11 is 0. The van der Waals surface area contributed by atoms with E-state index in [0.29, 0.717) is 24.5 Å². The maximum atomic E-state index is 13.1. The Bertz CT molecular complexity index is 811. The molecule has 2 rings (SSSR count).